The second kappa shape index (κ2) is 5.57. The van der Waals surface area contributed by atoms with E-state index < -0.39 is 9.84 Å². The van der Waals surface area contributed by atoms with Crippen molar-refractivity contribution in [3.63, 3.8) is 0 Å². The molecule has 0 saturated carbocycles. The minimum atomic E-state index is -3.25. The molecule has 0 aliphatic carbocycles. The van der Waals surface area contributed by atoms with E-state index in [1.807, 2.05) is 30.0 Å². The molecule has 6 nitrogen and oxygen atoms in total. The van der Waals surface area contributed by atoms with E-state index in [1.165, 1.54) is 0 Å². The van der Waals surface area contributed by atoms with Crippen LogP contribution in [-0.2, 0) is 16.4 Å². The number of anilines is 2. The summed E-state index contributed by atoms with van der Waals surface area (Å²) in [6.07, 6.45) is 0. The summed E-state index contributed by atoms with van der Waals surface area (Å²) in [5, 5.41) is 2.93. The van der Waals surface area contributed by atoms with Gasteiger partial charge in [-0.1, -0.05) is 18.2 Å². The second-order valence-corrected chi connectivity index (χ2v) is 7.37. The third-order valence-electron chi connectivity index (χ3n) is 3.69. The molecule has 2 aromatic rings. The van der Waals surface area contributed by atoms with Crippen molar-refractivity contribution in [3.05, 3.63) is 41.6 Å². The fraction of sp³-hybridized carbons (Fsp3) is 0.333. The van der Waals surface area contributed by atoms with Crippen LogP contribution in [0.2, 0.25) is 0 Å². The van der Waals surface area contributed by atoms with Crippen molar-refractivity contribution in [2.45, 2.75) is 18.4 Å². The van der Waals surface area contributed by atoms with Gasteiger partial charge >= 0.3 is 0 Å². The number of sulfone groups is 1. The first-order chi connectivity index (χ1) is 10.5. The zero-order valence-corrected chi connectivity index (χ0v) is 13.4. The summed E-state index contributed by atoms with van der Waals surface area (Å²) in [5.74, 6) is 1.36. The third kappa shape index (κ3) is 2.76. The maximum Gasteiger partial charge on any atom is 0.224 e. The second-order valence-electron chi connectivity index (χ2n) is 5.29. The molecule has 0 fully saturated rings. The van der Waals surface area contributed by atoms with Gasteiger partial charge in [0.1, 0.15) is 5.82 Å². The van der Waals surface area contributed by atoms with Crippen LogP contribution in [0, 0.1) is 6.92 Å². The number of fused-ring (bicyclic) bond motifs is 1. The molecule has 0 radical (unpaired) electrons. The van der Waals surface area contributed by atoms with Crippen LogP contribution in [0.25, 0.3) is 0 Å². The van der Waals surface area contributed by atoms with Gasteiger partial charge in [0.25, 0.3) is 0 Å². The molecule has 1 aromatic heterocycles. The maximum atomic E-state index is 12.4. The lowest BCUT2D eigenvalue weighted by molar-refractivity contribution is 0.596. The van der Waals surface area contributed by atoms with Crippen LogP contribution in [0.4, 0.5) is 11.8 Å². The third-order valence-corrected chi connectivity index (χ3v) is 5.48. The van der Waals surface area contributed by atoms with E-state index in [2.05, 4.69) is 15.3 Å². The van der Waals surface area contributed by atoms with Gasteiger partial charge in [0.2, 0.25) is 5.95 Å². The van der Waals surface area contributed by atoms with E-state index in [1.54, 1.807) is 19.2 Å². The molecule has 0 bridgehead atoms. The Bertz CT molecular complexity index is 805. The summed E-state index contributed by atoms with van der Waals surface area (Å²) in [6.45, 7) is 2.83. The van der Waals surface area contributed by atoms with Gasteiger partial charge in [-0.25, -0.2) is 13.4 Å². The standard InChI is InChI=1S/C15H18N4O2S/c1-11-9-14(18-15(16-2)17-11)19-7-8-22(20,21)13-6-4-3-5-12(13)10-19/h3-6,9H,7-8,10H2,1-2H3,(H,16,17,18). The predicted molar refractivity (Wildman–Crippen MR) is 85.9 cm³/mol. The average Bonchev–Trinajstić information content (AvgIpc) is 2.63. The van der Waals surface area contributed by atoms with Crippen LogP contribution in [0.5, 0.6) is 0 Å². The monoisotopic (exact) mass is 318 g/mol. The minimum absolute atomic E-state index is 0.0853. The smallest absolute Gasteiger partial charge is 0.224 e. The Morgan fingerprint density at radius 1 is 1.23 bits per heavy atom. The summed E-state index contributed by atoms with van der Waals surface area (Å²) in [6, 6.07) is 9.04. The maximum absolute atomic E-state index is 12.4. The number of hydrogen-bond acceptors (Lipinski definition) is 6. The number of aromatic nitrogens is 2. The zero-order chi connectivity index (χ0) is 15.7. The van der Waals surface area contributed by atoms with Crippen LogP contribution in [0.1, 0.15) is 11.3 Å². The Hall–Kier alpha value is -2.15. The largest absolute Gasteiger partial charge is 0.357 e. The van der Waals surface area contributed by atoms with E-state index in [-0.39, 0.29) is 5.75 Å². The zero-order valence-electron chi connectivity index (χ0n) is 12.6. The Balaban J connectivity index is 2.03. The highest BCUT2D eigenvalue weighted by Crippen LogP contribution is 2.26. The van der Waals surface area contributed by atoms with Crippen molar-refractivity contribution >= 4 is 21.6 Å². The normalized spacial score (nSPS) is 16.7. The highest BCUT2D eigenvalue weighted by molar-refractivity contribution is 7.91. The Morgan fingerprint density at radius 2 is 2.00 bits per heavy atom. The molecule has 0 spiro atoms. The lowest BCUT2D eigenvalue weighted by Crippen LogP contribution is -2.27. The molecule has 1 aromatic carbocycles. The molecule has 7 heteroatoms. The molecule has 1 aliphatic rings. The average molecular weight is 318 g/mol. The summed E-state index contributed by atoms with van der Waals surface area (Å²) in [7, 11) is -1.48. The summed E-state index contributed by atoms with van der Waals surface area (Å²) >= 11 is 0. The van der Waals surface area contributed by atoms with E-state index >= 15 is 0 Å². The lowest BCUT2D eigenvalue weighted by Gasteiger charge is -2.22. The van der Waals surface area contributed by atoms with Crippen LogP contribution < -0.4 is 10.2 Å². The first kappa shape index (κ1) is 14.8. The van der Waals surface area contributed by atoms with Crippen LogP contribution in [-0.4, -0.2) is 37.7 Å². The van der Waals surface area contributed by atoms with Gasteiger partial charge in [0, 0.05) is 31.9 Å². The van der Waals surface area contributed by atoms with Crippen LogP contribution in [0.3, 0.4) is 0 Å². The van der Waals surface area contributed by atoms with E-state index in [9.17, 15) is 8.42 Å². The highest BCUT2D eigenvalue weighted by atomic mass is 32.2. The fourth-order valence-corrected chi connectivity index (χ4v) is 4.08. The number of rotatable bonds is 2. The quantitative estimate of drug-likeness (QED) is 0.907. The van der Waals surface area contributed by atoms with E-state index in [0.717, 1.165) is 17.1 Å². The van der Waals surface area contributed by atoms with Gasteiger partial charge < -0.3 is 10.2 Å². The topological polar surface area (TPSA) is 75.2 Å². The SMILES string of the molecule is CNc1nc(C)cc(N2CCS(=O)(=O)c3ccccc3C2)n1. The van der Waals surface area contributed by atoms with Crippen molar-refractivity contribution in [3.8, 4) is 0 Å². The molecule has 2 heterocycles. The summed E-state index contributed by atoms with van der Waals surface area (Å²) < 4.78 is 24.8. The molecule has 22 heavy (non-hydrogen) atoms. The van der Waals surface area contributed by atoms with Gasteiger partial charge in [-0.3, -0.25) is 0 Å². The predicted octanol–water partition coefficient (Wildman–Crippen LogP) is 1.62. The van der Waals surface area contributed by atoms with E-state index in [0.29, 0.717) is 23.9 Å². The van der Waals surface area contributed by atoms with Crippen molar-refractivity contribution < 1.29 is 8.42 Å². The van der Waals surface area contributed by atoms with Crippen molar-refractivity contribution in [1.29, 1.82) is 0 Å². The Labute approximate surface area is 130 Å². The first-order valence-corrected chi connectivity index (χ1v) is 8.74. The minimum Gasteiger partial charge on any atom is -0.357 e. The van der Waals surface area contributed by atoms with Crippen LogP contribution in [0.15, 0.2) is 35.2 Å². The fourth-order valence-electron chi connectivity index (χ4n) is 2.58. The van der Waals surface area contributed by atoms with Crippen molar-refractivity contribution in [1.82, 2.24) is 9.97 Å². The molecule has 3 rings (SSSR count). The Morgan fingerprint density at radius 3 is 2.77 bits per heavy atom. The van der Waals surface area contributed by atoms with Gasteiger partial charge in [-0.15, -0.1) is 0 Å². The summed E-state index contributed by atoms with van der Waals surface area (Å²) in [4.78, 5) is 11.1. The molecule has 116 valence electrons. The summed E-state index contributed by atoms with van der Waals surface area (Å²) in [5.41, 5.74) is 1.65. The number of aryl methyl sites for hydroxylation is 1. The molecule has 1 aliphatic heterocycles. The molecule has 0 saturated heterocycles. The highest BCUT2D eigenvalue weighted by Gasteiger charge is 2.25. The molecule has 0 amide bonds. The first-order valence-electron chi connectivity index (χ1n) is 7.08. The van der Waals surface area contributed by atoms with Gasteiger partial charge in [-0.05, 0) is 18.6 Å². The van der Waals surface area contributed by atoms with E-state index in [4.69, 9.17) is 0 Å². The number of hydrogen-bond donors (Lipinski definition) is 1. The number of nitrogens with one attached hydrogen (secondary N) is 1. The number of nitrogens with zero attached hydrogens (tertiary/aromatic N) is 3. The lowest BCUT2D eigenvalue weighted by atomic mass is 10.2. The Kier molecular flexibility index (Phi) is 3.74. The molecular weight excluding hydrogens is 300 g/mol. The molecule has 0 unspecified atom stereocenters. The molecule has 0 atom stereocenters. The molecule has 1 N–H and O–H groups in total. The van der Waals surface area contributed by atoms with Gasteiger partial charge in [0.15, 0.2) is 9.84 Å². The van der Waals surface area contributed by atoms with Crippen molar-refractivity contribution in [2.75, 3.05) is 29.6 Å². The number of benzene rings is 1. The van der Waals surface area contributed by atoms with Crippen LogP contribution >= 0.6 is 0 Å². The molecular formula is C15H18N4O2S. The van der Waals surface area contributed by atoms with Gasteiger partial charge in [-0.2, -0.15) is 4.98 Å². The van der Waals surface area contributed by atoms with Gasteiger partial charge in [0.05, 0.1) is 10.6 Å². The van der Waals surface area contributed by atoms with Crippen molar-refractivity contribution in [2.24, 2.45) is 0 Å².